The van der Waals surface area contributed by atoms with Crippen LogP contribution >= 0.6 is 11.5 Å². The molecule has 0 aliphatic carbocycles. The number of aryl methyl sites for hydroxylation is 1. The summed E-state index contributed by atoms with van der Waals surface area (Å²) in [6.45, 7) is 7.46. The molecule has 1 aliphatic rings. The van der Waals surface area contributed by atoms with Crippen LogP contribution in [0.25, 0.3) is 0 Å². The number of nitrogens with zero attached hydrogens (tertiary/aromatic N) is 2. The third kappa shape index (κ3) is 2.77. The maximum atomic E-state index is 4.57. The van der Waals surface area contributed by atoms with E-state index in [2.05, 4.69) is 59.0 Å². The number of hydrogen-bond donors (Lipinski definition) is 2. The van der Waals surface area contributed by atoms with Crippen LogP contribution < -0.4 is 10.6 Å². The van der Waals surface area contributed by atoms with E-state index in [1.54, 1.807) is 0 Å². The van der Waals surface area contributed by atoms with Gasteiger partial charge in [-0.25, -0.2) is 4.98 Å². The molecule has 0 bridgehead atoms. The Kier molecular flexibility index (Phi) is 3.38. The molecule has 0 unspecified atom stereocenters. The molecular weight excluding hydrogens is 268 g/mol. The highest BCUT2D eigenvalue weighted by Crippen LogP contribution is 2.29. The van der Waals surface area contributed by atoms with Gasteiger partial charge in [0.15, 0.2) is 0 Å². The van der Waals surface area contributed by atoms with Crippen molar-refractivity contribution in [2.75, 3.05) is 17.2 Å². The van der Waals surface area contributed by atoms with Crippen LogP contribution in [-0.2, 0) is 11.8 Å². The minimum Gasteiger partial charge on any atom is -0.385 e. The maximum Gasteiger partial charge on any atom is 0.207 e. The zero-order chi connectivity index (χ0) is 14.2. The molecule has 0 radical (unpaired) electrons. The minimum atomic E-state index is -0.00377. The van der Waals surface area contributed by atoms with Crippen LogP contribution in [0.15, 0.2) is 18.2 Å². The molecular formula is C15H20N4S. The van der Waals surface area contributed by atoms with E-state index in [-0.39, 0.29) is 5.41 Å². The van der Waals surface area contributed by atoms with E-state index in [0.29, 0.717) is 0 Å². The molecule has 0 fully saturated rings. The van der Waals surface area contributed by atoms with Gasteiger partial charge in [-0.05, 0) is 36.6 Å². The number of anilines is 3. The third-order valence-corrected chi connectivity index (χ3v) is 4.02. The first-order chi connectivity index (χ1) is 9.52. The van der Waals surface area contributed by atoms with Gasteiger partial charge in [0.25, 0.3) is 0 Å². The standard InChI is InChI=1S/C15H20N4S/c1-15(2,3)13-18-14(20-19-13)17-11-6-7-12-10(9-11)5-4-8-16-12/h6-7,9,16H,4-5,8H2,1-3H3,(H,17,18,19). The first-order valence-corrected chi connectivity index (χ1v) is 7.78. The van der Waals surface area contributed by atoms with Crippen LogP contribution in [0.2, 0.25) is 0 Å². The first kappa shape index (κ1) is 13.4. The highest BCUT2D eigenvalue weighted by atomic mass is 32.1. The lowest BCUT2D eigenvalue weighted by Gasteiger charge is -2.18. The maximum absolute atomic E-state index is 4.57. The van der Waals surface area contributed by atoms with Gasteiger partial charge in [0.05, 0.1) is 0 Å². The largest absolute Gasteiger partial charge is 0.385 e. The highest BCUT2D eigenvalue weighted by molar-refractivity contribution is 7.09. The second-order valence-electron chi connectivity index (χ2n) is 6.20. The number of nitrogens with one attached hydrogen (secondary N) is 2. The normalized spacial score (nSPS) is 14.6. The Bertz CT molecular complexity index is 613. The van der Waals surface area contributed by atoms with Crippen molar-refractivity contribution in [3.05, 3.63) is 29.6 Å². The lowest BCUT2D eigenvalue weighted by Crippen LogP contribution is -2.13. The fourth-order valence-electron chi connectivity index (χ4n) is 2.26. The number of aromatic nitrogens is 2. The summed E-state index contributed by atoms with van der Waals surface area (Å²) in [5.41, 5.74) is 3.72. The van der Waals surface area contributed by atoms with Gasteiger partial charge in [0.2, 0.25) is 5.13 Å². The van der Waals surface area contributed by atoms with Crippen molar-refractivity contribution in [3.63, 3.8) is 0 Å². The minimum absolute atomic E-state index is 0.00377. The summed E-state index contributed by atoms with van der Waals surface area (Å²) in [5.74, 6) is 0.893. The first-order valence-electron chi connectivity index (χ1n) is 7.00. The van der Waals surface area contributed by atoms with E-state index >= 15 is 0 Å². The average molecular weight is 288 g/mol. The Hall–Kier alpha value is -1.62. The topological polar surface area (TPSA) is 49.8 Å². The molecule has 0 saturated carbocycles. The predicted octanol–water partition coefficient (Wildman–Crippen LogP) is 3.94. The molecule has 2 N–H and O–H groups in total. The van der Waals surface area contributed by atoms with Crippen LogP contribution in [0, 0.1) is 0 Å². The van der Waals surface area contributed by atoms with E-state index < -0.39 is 0 Å². The summed E-state index contributed by atoms with van der Waals surface area (Å²) < 4.78 is 4.43. The molecule has 0 atom stereocenters. The quantitative estimate of drug-likeness (QED) is 0.879. The molecule has 2 aromatic rings. The lowest BCUT2D eigenvalue weighted by atomic mass is 9.96. The van der Waals surface area contributed by atoms with Gasteiger partial charge in [-0.3, -0.25) is 0 Å². The number of rotatable bonds is 2. The molecule has 1 aliphatic heterocycles. The van der Waals surface area contributed by atoms with E-state index in [1.807, 2.05) is 0 Å². The molecule has 1 aromatic heterocycles. The Balaban J connectivity index is 1.79. The van der Waals surface area contributed by atoms with E-state index in [0.717, 1.165) is 29.6 Å². The second-order valence-corrected chi connectivity index (χ2v) is 6.95. The van der Waals surface area contributed by atoms with Gasteiger partial charge in [0, 0.05) is 34.9 Å². The molecule has 0 saturated heterocycles. The van der Waals surface area contributed by atoms with E-state index in [9.17, 15) is 0 Å². The monoisotopic (exact) mass is 288 g/mol. The van der Waals surface area contributed by atoms with Crippen molar-refractivity contribution in [3.8, 4) is 0 Å². The average Bonchev–Trinajstić information content (AvgIpc) is 2.87. The lowest BCUT2D eigenvalue weighted by molar-refractivity contribution is 0.555. The van der Waals surface area contributed by atoms with Gasteiger partial charge in [-0.2, -0.15) is 4.37 Å². The fourth-order valence-corrected chi connectivity index (χ4v) is 3.03. The summed E-state index contributed by atoms with van der Waals surface area (Å²) in [6.07, 6.45) is 2.34. The van der Waals surface area contributed by atoms with E-state index in [4.69, 9.17) is 0 Å². The second kappa shape index (κ2) is 5.05. The van der Waals surface area contributed by atoms with Crippen LogP contribution in [0.1, 0.15) is 38.6 Å². The summed E-state index contributed by atoms with van der Waals surface area (Å²) in [4.78, 5) is 4.57. The number of fused-ring (bicyclic) bond motifs is 1. The van der Waals surface area contributed by atoms with Gasteiger partial charge in [-0.15, -0.1) is 0 Å². The number of hydrogen-bond acceptors (Lipinski definition) is 5. The van der Waals surface area contributed by atoms with Crippen LogP contribution in [-0.4, -0.2) is 15.9 Å². The smallest absolute Gasteiger partial charge is 0.207 e. The molecule has 4 nitrogen and oxygen atoms in total. The van der Waals surface area contributed by atoms with Crippen molar-refractivity contribution in [1.29, 1.82) is 0 Å². The Morgan fingerprint density at radius 2 is 2.15 bits per heavy atom. The molecule has 106 valence electrons. The van der Waals surface area contributed by atoms with Crippen molar-refractivity contribution < 1.29 is 0 Å². The van der Waals surface area contributed by atoms with Crippen molar-refractivity contribution in [1.82, 2.24) is 9.36 Å². The van der Waals surface area contributed by atoms with Crippen LogP contribution in [0.3, 0.4) is 0 Å². The van der Waals surface area contributed by atoms with Gasteiger partial charge in [0.1, 0.15) is 5.82 Å². The predicted molar refractivity (Wildman–Crippen MR) is 85.1 cm³/mol. The van der Waals surface area contributed by atoms with Crippen molar-refractivity contribution in [2.45, 2.75) is 39.0 Å². The fraction of sp³-hybridized carbons (Fsp3) is 0.467. The van der Waals surface area contributed by atoms with Crippen LogP contribution in [0.4, 0.5) is 16.5 Å². The zero-order valence-electron chi connectivity index (χ0n) is 12.2. The molecule has 3 rings (SSSR count). The summed E-state index contributed by atoms with van der Waals surface area (Å²) >= 11 is 1.42. The Morgan fingerprint density at radius 3 is 2.90 bits per heavy atom. The van der Waals surface area contributed by atoms with Crippen molar-refractivity contribution in [2.24, 2.45) is 0 Å². The van der Waals surface area contributed by atoms with Crippen molar-refractivity contribution >= 4 is 28.0 Å². The summed E-state index contributed by atoms with van der Waals surface area (Å²) in [5, 5.41) is 7.65. The molecule has 0 amide bonds. The Morgan fingerprint density at radius 1 is 1.30 bits per heavy atom. The molecule has 0 spiro atoms. The van der Waals surface area contributed by atoms with Crippen LogP contribution in [0.5, 0.6) is 0 Å². The number of benzene rings is 1. The molecule has 1 aromatic carbocycles. The van der Waals surface area contributed by atoms with E-state index in [1.165, 1.54) is 29.2 Å². The molecule has 5 heteroatoms. The molecule has 20 heavy (non-hydrogen) atoms. The highest BCUT2D eigenvalue weighted by Gasteiger charge is 2.19. The van der Waals surface area contributed by atoms with Gasteiger partial charge in [-0.1, -0.05) is 20.8 Å². The summed E-state index contributed by atoms with van der Waals surface area (Å²) in [6, 6.07) is 6.44. The van der Waals surface area contributed by atoms with Gasteiger partial charge < -0.3 is 10.6 Å². The molecule has 2 heterocycles. The SMILES string of the molecule is CC(C)(C)c1nsc(Nc2ccc3c(c2)CCCN3)n1. The van der Waals surface area contributed by atoms with Gasteiger partial charge >= 0.3 is 0 Å². The third-order valence-electron chi connectivity index (χ3n) is 3.39. The Labute approximate surface area is 123 Å². The zero-order valence-corrected chi connectivity index (χ0v) is 13.0. The summed E-state index contributed by atoms with van der Waals surface area (Å²) in [7, 11) is 0.